The predicted molar refractivity (Wildman–Crippen MR) is 82.9 cm³/mol. The van der Waals surface area contributed by atoms with Crippen molar-refractivity contribution in [3.05, 3.63) is 18.0 Å². The fourth-order valence-electron chi connectivity index (χ4n) is 3.86. The van der Waals surface area contributed by atoms with Gasteiger partial charge in [0.1, 0.15) is 0 Å². The van der Waals surface area contributed by atoms with Gasteiger partial charge in [0.05, 0.1) is 0 Å². The van der Waals surface area contributed by atoms with E-state index in [1.54, 1.807) is 0 Å². The van der Waals surface area contributed by atoms with Crippen molar-refractivity contribution in [2.45, 2.75) is 38.3 Å². The standard InChI is InChI=1S/C16H25N5/c17-15-11-20(10-14(15)13-3-4-13)9-12-7-18-16(19-8-12)21-5-1-2-6-21/h7-8,13-15H,1-6,9-11,17H2/t14-,15+/m0/s1. The highest BCUT2D eigenvalue weighted by molar-refractivity contribution is 5.31. The Morgan fingerprint density at radius 2 is 1.81 bits per heavy atom. The first-order valence-corrected chi connectivity index (χ1v) is 8.33. The summed E-state index contributed by atoms with van der Waals surface area (Å²) < 4.78 is 0. The molecule has 0 spiro atoms. The maximum atomic E-state index is 6.29. The quantitative estimate of drug-likeness (QED) is 0.903. The summed E-state index contributed by atoms with van der Waals surface area (Å²) in [5.41, 5.74) is 7.50. The first-order chi connectivity index (χ1) is 10.3. The Hall–Kier alpha value is -1.20. The van der Waals surface area contributed by atoms with E-state index in [4.69, 9.17) is 5.73 Å². The smallest absolute Gasteiger partial charge is 0.225 e. The Labute approximate surface area is 126 Å². The average molecular weight is 287 g/mol. The molecule has 3 fully saturated rings. The molecule has 0 unspecified atom stereocenters. The van der Waals surface area contributed by atoms with Crippen molar-refractivity contribution in [1.82, 2.24) is 14.9 Å². The molecule has 0 aromatic carbocycles. The Morgan fingerprint density at radius 1 is 1.10 bits per heavy atom. The van der Waals surface area contributed by atoms with E-state index in [0.717, 1.165) is 50.5 Å². The van der Waals surface area contributed by atoms with Gasteiger partial charge in [-0.05, 0) is 37.5 Å². The summed E-state index contributed by atoms with van der Waals surface area (Å²) in [6.07, 6.45) is 9.30. The lowest BCUT2D eigenvalue weighted by atomic mass is 9.99. The van der Waals surface area contributed by atoms with Crippen molar-refractivity contribution in [1.29, 1.82) is 0 Å². The summed E-state index contributed by atoms with van der Waals surface area (Å²) in [5, 5.41) is 0. The molecule has 2 aliphatic heterocycles. The zero-order valence-corrected chi connectivity index (χ0v) is 12.6. The Morgan fingerprint density at radius 3 is 2.48 bits per heavy atom. The molecule has 2 atom stereocenters. The van der Waals surface area contributed by atoms with Crippen molar-refractivity contribution < 1.29 is 0 Å². The zero-order valence-electron chi connectivity index (χ0n) is 12.6. The topological polar surface area (TPSA) is 58.3 Å². The lowest BCUT2D eigenvalue weighted by Gasteiger charge is -2.17. The summed E-state index contributed by atoms with van der Waals surface area (Å²) in [6.45, 7) is 5.32. The SMILES string of the molecule is N[C@@H]1CN(Cc2cnc(N3CCCC3)nc2)C[C@H]1C1CC1. The number of hydrogen-bond acceptors (Lipinski definition) is 5. The second kappa shape index (κ2) is 5.54. The van der Waals surface area contributed by atoms with Crippen LogP contribution in [0.1, 0.15) is 31.2 Å². The molecule has 1 aromatic heterocycles. The minimum absolute atomic E-state index is 0.363. The number of aromatic nitrogens is 2. The minimum Gasteiger partial charge on any atom is -0.341 e. The highest BCUT2D eigenvalue weighted by Gasteiger charge is 2.40. The molecular formula is C16H25N5. The first kappa shape index (κ1) is 13.5. The summed E-state index contributed by atoms with van der Waals surface area (Å²) in [5.74, 6) is 2.51. The number of hydrogen-bond donors (Lipinski definition) is 1. The molecular weight excluding hydrogens is 262 g/mol. The third-order valence-electron chi connectivity index (χ3n) is 5.20. The maximum absolute atomic E-state index is 6.29. The van der Waals surface area contributed by atoms with E-state index in [-0.39, 0.29) is 0 Å². The first-order valence-electron chi connectivity index (χ1n) is 8.33. The van der Waals surface area contributed by atoms with Gasteiger partial charge >= 0.3 is 0 Å². The normalized spacial score (nSPS) is 30.2. The molecule has 0 bridgehead atoms. The molecule has 0 amide bonds. The van der Waals surface area contributed by atoms with E-state index < -0.39 is 0 Å². The fraction of sp³-hybridized carbons (Fsp3) is 0.750. The van der Waals surface area contributed by atoms with Crippen LogP contribution in [0.4, 0.5) is 5.95 Å². The molecule has 114 valence electrons. The minimum atomic E-state index is 0.363. The van der Waals surface area contributed by atoms with Gasteiger partial charge in [0.2, 0.25) is 5.95 Å². The second-order valence-corrected chi connectivity index (χ2v) is 6.94. The van der Waals surface area contributed by atoms with Crippen LogP contribution in [-0.2, 0) is 6.54 Å². The third-order valence-corrected chi connectivity index (χ3v) is 5.20. The molecule has 1 aliphatic carbocycles. The molecule has 2 N–H and O–H groups in total. The van der Waals surface area contributed by atoms with Crippen LogP contribution in [0.2, 0.25) is 0 Å². The van der Waals surface area contributed by atoms with E-state index in [1.165, 1.54) is 31.2 Å². The van der Waals surface area contributed by atoms with Crippen LogP contribution in [0.5, 0.6) is 0 Å². The van der Waals surface area contributed by atoms with Crippen molar-refractivity contribution in [2.24, 2.45) is 17.6 Å². The molecule has 1 aromatic rings. The highest BCUT2D eigenvalue weighted by atomic mass is 15.3. The number of nitrogens with zero attached hydrogens (tertiary/aromatic N) is 4. The summed E-state index contributed by atoms with van der Waals surface area (Å²) >= 11 is 0. The van der Waals surface area contributed by atoms with E-state index in [9.17, 15) is 0 Å². The fourth-order valence-corrected chi connectivity index (χ4v) is 3.86. The highest BCUT2D eigenvalue weighted by Crippen LogP contribution is 2.41. The molecule has 2 saturated heterocycles. The molecule has 21 heavy (non-hydrogen) atoms. The average Bonchev–Trinajstić information content (AvgIpc) is 3.05. The van der Waals surface area contributed by atoms with E-state index in [0.29, 0.717) is 6.04 Å². The van der Waals surface area contributed by atoms with Crippen molar-refractivity contribution in [2.75, 3.05) is 31.1 Å². The van der Waals surface area contributed by atoms with Crippen LogP contribution in [0.15, 0.2) is 12.4 Å². The maximum Gasteiger partial charge on any atom is 0.225 e. The number of anilines is 1. The molecule has 5 heteroatoms. The van der Waals surface area contributed by atoms with Gasteiger partial charge in [0, 0.05) is 56.7 Å². The van der Waals surface area contributed by atoms with E-state index in [1.807, 2.05) is 12.4 Å². The van der Waals surface area contributed by atoms with Gasteiger partial charge in [-0.1, -0.05) is 0 Å². The third kappa shape index (κ3) is 2.90. The van der Waals surface area contributed by atoms with Crippen molar-refractivity contribution in [3.63, 3.8) is 0 Å². The summed E-state index contributed by atoms with van der Waals surface area (Å²) in [4.78, 5) is 13.8. The molecule has 3 heterocycles. The van der Waals surface area contributed by atoms with Gasteiger partial charge < -0.3 is 10.6 Å². The Bertz CT molecular complexity index is 478. The summed E-state index contributed by atoms with van der Waals surface area (Å²) in [6, 6.07) is 0.363. The lowest BCUT2D eigenvalue weighted by molar-refractivity contribution is 0.309. The van der Waals surface area contributed by atoms with E-state index >= 15 is 0 Å². The molecule has 4 rings (SSSR count). The Kier molecular flexibility index (Phi) is 3.55. The molecule has 3 aliphatic rings. The van der Waals surface area contributed by atoms with Crippen LogP contribution in [0.3, 0.4) is 0 Å². The largest absolute Gasteiger partial charge is 0.341 e. The van der Waals surface area contributed by atoms with Crippen LogP contribution in [0.25, 0.3) is 0 Å². The number of likely N-dealkylation sites (tertiary alicyclic amines) is 1. The molecule has 1 saturated carbocycles. The van der Waals surface area contributed by atoms with Gasteiger partial charge in [-0.2, -0.15) is 0 Å². The van der Waals surface area contributed by atoms with Gasteiger partial charge in [0.25, 0.3) is 0 Å². The Balaban J connectivity index is 1.36. The number of rotatable bonds is 4. The monoisotopic (exact) mass is 287 g/mol. The van der Waals surface area contributed by atoms with Crippen LogP contribution >= 0.6 is 0 Å². The lowest BCUT2D eigenvalue weighted by Crippen LogP contribution is -2.30. The van der Waals surface area contributed by atoms with Crippen LogP contribution in [-0.4, -0.2) is 47.1 Å². The zero-order chi connectivity index (χ0) is 14.2. The van der Waals surface area contributed by atoms with Gasteiger partial charge in [-0.15, -0.1) is 0 Å². The van der Waals surface area contributed by atoms with Gasteiger partial charge in [0.15, 0.2) is 0 Å². The number of nitrogens with two attached hydrogens (primary N) is 1. The van der Waals surface area contributed by atoms with Crippen LogP contribution in [0, 0.1) is 11.8 Å². The summed E-state index contributed by atoms with van der Waals surface area (Å²) in [7, 11) is 0. The van der Waals surface area contributed by atoms with Gasteiger partial charge in [-0.3, -0.25) is 4.90 Å². The van der Waals surface area contributed by atoms with Gasteiger partial charge in [-0.25, -0.2) is 9.97 Å². The van der Waals surface area contributed by atoms with E-state index in [2.05, 4.69) is 19.8 Å². The second-order valence-electron chi connectivity index (χ2n) is 6.94. The van der Waals surface area contributed by atoms with Crippen LogP contribution < -0.4 is 10.6 Å². The van der Waals surface area contributed by atoms with Crippen molar-refractivity contribution >= 4 is 5.95 Å². The van der Waals surface area contributed by atoms with Crippen molar-refractivity contribution in [3.8, 4) is 0 Å². The predicted octanol–water partition coefficient (Wildman–Crippen LogP) is 1.25. The molecule has 5 nitrogen and oxygen atoms in total. The molecule has 0 radical (unpaired) electrons.